The van der Waals surface area contributed by atoms with Crippen molar-refractivity contribution in [1.29, 1.82) is 0 Å². The highest BCUT2D eigenvalue weighted by Crippen LogP contribution is 2.38. The van der Waals surface area contributed by atoms with E-state index in [-0.39, 0.29) is 22.2 Å². The molecule has 0 saturated carbocycles. The van der Waals surface area contributed by atoms with Gasteiger partial charge in [-0.25, -0.2) is 4.39 Å². The number of hydrogen-bond acceptors (Lipinski definition) is 8. The largest absolute Gasteiger partial charge is 0.508 e. The zero-order valence-electron chi connectivity index (χ0n) is 26.8. The third kappa shape index (κ3) is 10.9. The van der Waals surface area contributed by atoms with E-state index < -0.39 is 0 Å². The van der Waals surface area contributed by atoms with Crippen molar-refractivity contribution in [2.45, 2.75) is 30.1 Å². The monoisotopic (exact) mass is 668 g/mol. The first-order valence-electron chi connectivity index (χ1n) is 14.1. The molecule has 242 valence electrons. The highest BCUT2D eigenvalue weighted by Gasteiger charge is 2.13. The van der Waals surface area contributed by atoms with Gasteiger partial charge in [-0.2, -0.15) is 3.71 Å². The fourth-order valence-corrected chi connectivity index (χ4v) is 6.67. The number of carbonyl (C=O) groups is 1. The normalized spacial score (nSPS) is 11.4. The van der Waals surface area contributed by atoms with Crippen molar-refractivity contribution >= 4 is 65.2 Å². The molecule has 10 heteroatoms. The van der Waals surface area contributed by atoms with Crippen LogP contribution in [0, 0.1) is 19.7 Å². The summed E-state index contributed by atoms with van der Waals surface area (Å²) in [6.45, 7) is 11.8. The number of hydrogen-bond donors (Lipinski definition) is 4. The lowest BCUT2D eigenvalue weighted by Crippen LogP contribution is -2.29. The number of anilines is 1. The molecule has 3 N–H and O–H groups in total. The zero-order chi connectivity index (χ0) is 33.8. The molecule has 0 saturated heterocycles. The Labute approximate surface area is 281 Å². The third-order valence-electron chi connectivity index (χ3n) is 6.95. The Morgan fingerprint density at radius 3 is 2.22 bits per heavy atom. The van der Waals surface area contributed by atoms with Crippen LogP contribution >= 0.6 is 36.1 Å². The first-order chi connectivity index (χ1) is 21.3. The number of aromatic hydroxyl groups is 1. The Morgan fingerprint density at radius 1 is 0.978 bits per heavy atom. The minimum atomic E-state index is -0.355. The Kier molecular flexibility index (Phi) is 15.2. The topological polar surface area (TPSA) is 73.0 Å². The maximum atomic E-state index is 13.9. The second-order valence-corrected chi connectivity index (χ2v) is 13.7. The van der Waals surface area contributed by atoms with E-state index in [4.69, 9.17) is 10.5 Å². The molecule has 4 aromatic rings. The van der Waals surface area contributed by atoms with Crippen LogP contribution in [-0.4, -0.2) is 67.2 Å². The molecule has 1 atom stereocenters. The van der Waals surface area contributed by atoms with Crippen LogP contribution in [0.3, 0.4) is 0 Å². The quantitative estimate of drug-likeness (QED) is 0.105. The molecule has 4 aromatic carbocycles. The van der Waals surface area contributed by atoms with Crippen LogP contribution < -0.4 is 10.6 Å². The van der Waals surface area contributed by atoms with Crippen LogP contribution in [0.4, 0.5) is 10.1 Å². The average Bonchev–Trinajstić information content (AvgIpc) is 2.99. The van der Waals surface area contributed by atoms with E-state index in [1.54, 1.807) is 12.1 Å². The molecular formula is C35H45FN4O2S3. The van der Waals surface area contributed by atoms with E-state index in [1.807, 2.05) is 43.5 Å². The summed E-state index contributed by atoms with van der Waals surface area (Å²) in [5.41, 5.74) is 10.8. The zero-order valence-corrected chi connectivity index (χ0v) is 29.4. The second kappa shape index (κ2) is 18.0. The van der Waals surface area contributed by atoms with Crippen molar-refractivity contribution in [1.82, 2.24) is 8.61 Å². The molecule has 0 fully saturated rings. The maximum absolute atomic E-state index is 13.9. The number of nitrogens with zero attached hydrogens (tertiary/aromatic N) is 3. The highest BCUT2D eigenvalue weighted by atomic mass is 32.2. The van der Waals surface area contributed by atoms with Crippen molar-refractivity contribution in [2.24, 2.45) is 5.73 Å². The molecule has 45 heavy (non-hydrogen) atoms. The third-order valence-corrected chi connectivity index (χ3v) is 9.70. The molecule has 0 bridgehead atoms. The number of halogens is 1. The van der Waals surface area contributed by atoms with E-state index in [0.717, 1.165) is 29.8 Å². The fraction of sp³-hybridized carbons (Fsp3) is 0.257. The van der Waals surface area contributed by atoms with Crippen molar-refractivity contribution in [3.8, 4) is 5.75 Å². The first-order valence-corrected chi connectivity index (χ1v) is 16.3. The lowest BCUT2D eigenvalue weighted by Gasteiger charge is -2.24. The van der Waals surface area contributed by atoms with Crippen LogP contribution in [0.5, 0.6) is 5.75 Å². The number of nitrogens with two attached hydrogens (primary N) is 1. The number of benzene rings is 4. The fourth-order valence-electron chi connectivity index (χ4n) is 4.73. The molecule has 0 spiro atoms. The predicted molar refractivity (Wildman–Crippen MR) is 199 cm³/mol. The standard InChI is InChI=1S/C19H28N4S2.C15H15FOS.CH2O/c1-15(20)14-22(4)12-13-23(24)25(5)19-11-7-8-16-17(19)9-6-10-18(16)21(2)3;1-9-5-13(16)12(15(18)6-9)8-11-3-4-14(17)10(2)7-11;1-2/h6-11,24H,1,5,12-14,20H2,2-4H3;3-7,17-18H,8H2,1-2H3;1H2. The van der Waals surface area contributed by atoms with Gasteiger partial charge in [-0.05, 0) is 73.3 Å². The molecular weight excluding hydrogens is 624 g/mol. The number of carbonyl (C=O) groups excluding carboxylic acids is 1. The Morgan fingerprint density at radius 2 is 1.62 bits per heavy atom. The highest BCUT2D eigenvalue weighted by molar-refractivity contribution is 8.17. The van der Waals surface area contributed by atoms with Crippen molar-refractivity contribution in [2.75, 3.05) is 45.7 Å². The Hall–Kier alpha value is -3.28. The summed E-state index contributed by atoms with van der Waals surface area (Å²) < 4.78 is 15.9. The molecule has 0 amide bonds. The van der Waals surface area contributed by atoms with Gasteiger partial charge in [0.1, 0.15) is 18.4 Å². The van der Waals surface area contributed by atoms with Gasteiger partial charge in [0.2, 0.25) is 0 Å². The molecule has 1 unspecified atom stereocenters. The summed E-state index contributed by atoms with van der Waals surface area (Å²) in [5, 5.41) is 11.9. The number of phenols is 1. The van der Waals surface area contributed by atoms with Crippen molar-refractivity contribution < 1.29 is 14.3 Å². The summed E-state index contributed by atoms with van der Waals surface area (Å²) in [6, 6.07) is 21.5. The van der Waals surface area contributed by atoms with Crippen LogP contribution in [0.15, 0.2) is 88.8 Å². The maximum Gasteiger partial charge on any atom is 0.128 e. The number of rotatable bonds is 10. The number of aryl methyl sites for hydroxylation is 2. The van der Waals surface area contributed by atoms with Gasteiger partial charge >= 0.3 is 0 Å². The number of fused-ring (bicyclic) bond motifs is 1. The first kappa shape index (κ1) is 37.9. The van der Waals surface area contributed by atoms with Crippen LogP contribution in [0.25, 0.3) is 10.8 Å². The summed E-state index contributed by atoms with van der Waals surface area (Å²) in [5.74, 6) is 4.40. The SMILES string of the molecule is C=C(N)CN(C)CCN(S)S(=C)c1cccc2c(N(C)C)cccc12.C=O.Cc1cc(F)c(Cc2ccc(O)c(C)c2)c(S)c1. The van der Waals surface area contributed by atoms with Gasteiger partial charge in [-0.1, -0.05) is 72.3 Å². The predicted octanol–water partition coefficient (Wildman–Crippen LogP) is 7.27. The molecule has 4 rings (SSSR count). The minimum absolute atomic E-state index is 0.231. The van der Waals surface area contributed by atoms with E-state index in [2.05, 4.69) is 98.2 Å². The van der Waals surface area contributed by atoms with Crippen LogP contribution in [0.1, 0.15) is 22.3 Å². The molecule has 0 heterocycles. The Bertz CT molecular complexity index is 1610. The van der Waals surface area contributed by atoms with Gasteiger partial charge in [0.15, 0.2) is 0 Å². The minimum Gasteiger partial charge on any atom is -0.508 e. The van der Waals surface area contributed by atoms with Crippen LogP contribution in [0.2, 0.25) is 0 Å². The summed E-state index contributed by atoms with van der Waals surface area (Å²) in [6.07, 6.45) is 0.478. The summed E-state index contributed by atoms with van der Waals surface area (Å²) in [7, 11) is 5.81. The lowest BCUT2D eigenvalue weighted by atomic mass is 10.0. The van der Waals surface area contributed by atoms with Gasteiger partial charge < -0.3 is 20.5 Å². The van der Waals surface area contributed by atoms with Gasteiger partial charge in [0.25, 0.3) is 0 Å². The molecule has 0 aromatic heterocycles. The Balaban J connectivity index is 0.000000311. The smallest absolute Gasteiger partial charge is 0.128 e. The summed E-state index contributed by atoms with van der Waals surface area (Å²) in [4.78, 5) is 14.1. The van der Waals surface area contributed by atoms with Gasteiger partial charge in [0, 0.05) is 72.3 Å². The van der Waals surface area contributed by atoms with Gasteiger partial charge in [-0.15, -0.1) is 12.6 Å². The number of likely N-dealkylation sites (N-methyl/N-ethyl adjacent to an activating group) is 1. The number of thiol groups is 2. The van der Waals surface area contributed by atoms with E-state index in [9.17, 15) is 9.50 Å². The molecule has 6 nitrogen and oxygen atoms in total. The van der Waals surface area contributed by atoms with Crippen LogP contribution in [-0.2, 0) is 11.2 Å². The van der Waals surface area contributed by atoms with Gasteiger partial charge in [0.05, 0.1) is 0 Å². The van der Waals surface area contributed by atoms with E-state index in [0.29, 0.717) is 29.1 Å². The molecule has 0 aliphatic carbocycles. The van der Waals surface area contributed by atoms with E-state index >= 15 is 0 Å². The molecule has 0 radical (unpaired) electrons. The van der Waals surface area contributed by atoms with E-state index in [1.165, 1.54) is 27.4 Å². The lowest BCUT2D eigenvalue weighted by molar-refractivity contribution is -0.0980. The second-order valence-electron chi connectivity index (χ2n) is 10.9. The summed E-state index contributed by atoms with van der Waals surface area (Å²) >= 11 is 9.01. The molecule has 0 aliphatic rings. The number of phenolic OH excluding ortho intramolecular Hbond substituents is 1. The average molecular weight is 669 g/mol. The van der Waals surface area contributed by atoms with Gasteiger partial charge in [-0.3, -0.25) is 4.90 Å². The van der Waals surface area contributed by atoms with Crippen molar-refractivity contribution in [3.05, 3.63) is 107 Å². The molecule has 0 aliphatic heterocycles. The van der Waals surface area contributed by atoms with Crippen molar-refractivity contribution in [3.63, 3.8) is 0 Å².